The molecule has 3 N–H and O–H groups in total. The van der Waals surface area contributed by atoms with Gasteiger partial charge in [-0.3, -0.25) is 5.32 Å². The Bertz CT molecular complexity index is 66.6. The Kier molecular flexibility index (Phi) is 6.91. The van der Waals surface area contributed by atoms with Crippen molar-refractivity contribution in [3.05, 3.63) is 0 Å². The van der Waals surface area contributed by atoms with Crippen molar-refractivity contribution in [3.8, 4) is 0 Å². The second-order valence-corrected chi connectivity index (χ2v) is 2.44. The normalized spacial score (nSPS) is 13.5. The van der Waals surface area contributed by atoms with Gasteiger partial charge in [-0.15, -0.1) is 0 Å². The summed E-state index contributed by atoms with van der Waals surface area (Å²) in [6, 6.07) is 0. The molecule has 0 aliphatic carbocycles. The molecule has 3 heteroatoms. The van der Waals surface area contributed by atoms with Gasteiger partial charge in [0, 0.05) is 0 Å². The fourth-order valence-electron chi connectivity index (χ4n) is 0.738. The Labute approximate surface area is 62.8 Å². The Morgan fingerprint density at radius 1 is 1.30 bits per heavy atom. The SMILES string of the molecule is CNCCCCNC(C)O. The summed E-state index contributed by atoms with van der Waals surface area (Å²) >= 11 is 0. The lowest BCUT2D eigenvalue weighted by molar-refractivity contribution is 0.156. The average Bonchev–Trinajstić information content (AvgIpc) is 1.87. The molecule has 62 valence electrons. The fourth-order valence-corrected chi connectivity index (χ4v) is 0.738. The topological polar surface area (TPSA) is 44.3 Å². The first kappa shape index (κ1) is 9.88. The summed E-state index contributed by atoms with van der Waals surface area (Å²) in [5.41, 5.74) is 0. The summed E-state index contributed by atoms with van der Waals surface area (Å²) in [4.78, 5) is 0. The molecule has 0 aliphatic rings. The monoisotopic (exact) mass is 146 g/mol. The smallest absolute Gasteiger partial charge is 0.102 e. The van der Waals surface area contributed by atoms with Crippen molar-refractivity contribution in [2.24, 2.45) is 0 Å². The lowest BCUT2D eigenvalue weighted by Gasteiger charge is -2.05. The van der Waals surface area contributed by atoms with Crippen LogP contribution in [0.3, 0.4) is 0 Å². The molecule has 0 amide bonds. The lowest BCUT2D eigenvalue weighted by atomic mass is 10.3. The number of rotatable bonds is 6. The molecule has 0 aromatic rings. The Balaban J connectivity index is 2.77. The molecule has 0 fully saturated rings. The largest absolute Gasteiger partial charge is 0.379 e. The maximum absolute atomic E-state index is 8.78. The van der Waals surface area contributed by atoms with Crippen LogP contribution in [-0.2, 0) is 0 Å². The number of hydrogen-bond acceptors (Lipinski definition) is 3. The number of aliphatic hydroxyl groups is 1. The van der Waals surface area contributed by atoms with Gasteiger partial charge in [-0.2, -0.15) is 0 Å². The van der Waals surface area contributed by atoms with Crippen molar-refractivity contribution in [2.45, 2.75) is 26.0 Å². The molecule has 0 aromatic carbocycles. The summed E-state index contributed by atoms with van der Waals surface area (Å²) in [5.74, 6) is 0. The zero-order valence-electron chi connectivity index (χ0n) is 6.85. The van der Waals surface area contributed by atoms with E-state index < -0.39 is 0 Å². The van der Waals surface area contributed by atoms with Crippen LogP contribution in [-0.4, -0.2) is 31.5 Å². The van der Waals surface area contributed by atoms with Crippen LogP contribution in [0.2, 0.25) is 0 Å². The van der Waals surface area contributed by atoms with Crippen molar-refractivity contribution >= 4 is 0 Å². The first-order valence-electron chi connectivity index (χ1n) is 3.83. The minimum atomic E-state index is -0.366. The van der Waals surface area contributed by atoms with Gasteiger partial charge in [-0.05, 0) is 39.9 Å². The van der Waals surface area contributed by atoms with Crippen LogP contribution >= 0.6 is 0 Å². The highest BCUT2D eigenvalue weighted by Gasteiger charge is 1.91. The Hall–Kier alpha value is -0.120. The molecule has 0 bridgehead atoms. The maximum Gasteiger partial charge on any atom is 0.102 e. The van der Waals surface area contributed by atoms with Gasteiger partial charge in [0.15, 0.2) is 0 Å². The van der Waals surface area contributed by atoms with Crippen LogP contribution in [0, 0.1) is 0 Å². The minimum absolute atomic E-state index is 0.366. The highest BCUT2D eigenvalue weighted by Crippen LogP contribution is 1.84. The van der Waals surface area contributed by atoms with Gasteiger partial charge in [0.2, 0.25) is 0 Å². The molecule has 0 saturated heterocycles. The van der Waals surface area contributed by atoms with Crippen molar-refractivity contribution in [1.29, 1.82) is 0 Å². The van der Waals surface area contributed by atoms with Crippen molar-refractivity contribution in [3.63, 3.8) is 0 Å². The molecule has 0 saturated carbocycles. The van der Waals surface area contributed by atoms with E-state index in [4.69, 9.17) is 5.11 Å². The van der Waals surface area contributed by atoms with Gasteiger partial charge < -0.3 is 10.4 Å². The first-order chi connectivity index (χ1) is 4.77. The lowest BCUT2D eigenvalue weighted by Crippen LogP contribution is -2.26. The predicted molar refractivity (Wildman–Crippen MR) is 42.8 cm³/mol. The van der Waals surface area contributed by atoms with E-state index in [0.29, 0.717) is 0 Å². The zero-order chi connectivity index (χ0) is 7.82. The molecule has 0 aliphatic heterocycles. The van der Waals surface area contributed by atoms with Crippen LogP contribution in [0.15, 0.2) is 0 Å². The number of unbranched alkanes of at least 4 members (excludes halogenated alkanes) is 1. The average molecular weight is 146 g/mol. The third kappa shape index (κ3) is 7.88. The van der Waals surface area contributed by atoms with Crippen molar-refractivity contribution in [1.82, 2.24) is 10.6 Å². The summed E-state index contributed by atoms with van der Waals surface area (Å²) in [7, 11) is 1.95. The van der Waals surface area contributed by atoms with E-state index in [9.17, 15) is 0 Å². The first-order valence-corrected chi connectivity index (χ1v) is 3.83. The highest BCUT2D eigenvalue weighted by molar-refractivity contribution is 4.48. The van der Waals surface area contributed by atoms with E-state index in [1.165, 1.54) is 0 Å². The minimum Gasteiger partial charge on any atom is -0.379 e. The van der Waals surface area contributed by atoms with Crippen molar-refractivity contribution in [2.75, 3.05) is 20.1 Å². The van der Waals surface area contributed by atoms with Gasteiger partial charge >= 0.3 is 0 Å². The van der Waals surface area contributed by atoms with Gasteiger partial charge in [0.25, 0.3) is 0 Å². The van der Waals surface area contributed by atoms with Gasteiger partial charge in [0.1, 0.15) is 6.23 Å². The summed E-state index contributed by atoms with van der Waals surface area (Å²) < 4.78 is 0. The summed E-state index contributed by atoms with van der Waals surface area (Å²) in [6.07, 6.45) is 1.91. The fraction of sp³-hybridized carbons (Fsp3) is 1.00. The predicted octanol–water partition coefficient (Wildman–Crippen LogP) is -0.0861. The summed E-state index contributed by atoms with van der Waals surface area (Å²) in [6.45, 7) is 3.69. The van der Waals surface area contributed by atoms with Crippen molar-refractivity contribution < 1.29 is 5.11 Å². The molecule has 0 heterocycles. The second-order valence-electron chi connectivity index (χ2n) is 2.44. The van der Waals surface area contributed by atoms with Crippen LogP contribution < -0.4 is 10.6 Å². The van der Waals surface area contributed by atoms with Gasteiger partial charge in [-0.25, -0.2) is 0 Å². The molecule has 0 radical (unpaired) electrons. The van der Waals surface area contributed by atoms with E-state index >= 15 is 0 Å². The quantitative estimate of drug-likeness (QED) is 0.362. The van der Waals surface area contributed by atoms with Crippen LogP contribution in [0.5, 0.6) is 0 Å². The standard InChI is InChI=1S/C7H18N2O/c1-7(10)9-6-4-3-5-8-2/h7-10H,3-6H2,1-2H3. The van der Waals surface area contributed by atoms with E-state index in [-0.39, 0.29) is 6.23 Å². The molecular formula is C7H18N2O. The molecular weight excluding hydrogens is 128 g/mol. The number of nitrogens with one attached hydrogen (secondary N) is 2. The van der Waals surface area contributed by atoms with Crippen LogP contribution in [0.1, 0.15) is 19.8 Å². The summed E-state index contributed by atoms with van der Waals surface area (Å²) in [5, 5.41) is 14.8. The van der Waals surface area contributed by atoms with Crippen LogP contribution in [0.25, 0.3) is 0 Å². The molecule has 3 nitrogen and oxygen atoms in total. The maximum atomic E-state index is 8.78. The molecule has 1 atom stereocenters. The third-order valence-electron chi connectivity index (χ3n) is 1.29. The molecule has 10 heavy (non-hydrogen) atoms. The van der Waals surface area contributed by atoms with E-state index in [2.05, 4.69) is 10.6 Å². The molecule has 1 unspecified atom stereocenters. The second kappa shape index (κ2) is 6.99. The number of hydrogen-bond donors (Lipinski definition) is 3. The third-order valence-corrected chi connectivity index (χ3v) is 1.29. The Morgan fingerprint density at radius 2 is 1.90 bits per heavy atom. The highest BCUT2D eigenvalue weighted by atomic mass is 16.3. The van der Waals surface area contributed by atoms with Gasteiger partial charge in [-0.1, -0.05) is 0 Å². The molecule has 0 spiro atoms. The number of aliphatic hydroxyl groups excluding tert-OH is 1. The zero-order valence-corrected chi connectivity index (χ0v) is 6.85. The Morgan fingerprint density at radius 3 is 2.40 bits per heavy atom. The van der Waals surface area contributed by atoms with Crippen LogP contribution in [0.4, 0.5) is 0 Å². The van der Waals surface area contributed by atoms with Gasteiger partial charge in [0.05, 0.1) is 0 Å². The molecule has 0 rings (SSSR count). The molecule has 0 aromatic heterocycles. The van der Waals surface area contributed by atoms with E-state index in [0.717, 1.165) is 25.9 Å². The van der Waals surface area contributed by atoms with E-state index in [1.54, 1.807) is 6.92 Å². The van der Waals surface area contributed by atoms with E-state index in [1.807, 2.05) is 7.05 Å².